The van der Waals surface area contributed by atoms with E-state index in [1.165, 1.54) is 0 Å². The highest BCUT2D eigenvalue weighted by atomic mass is 35.5. The maximum Gasteiger partial charge on any atom is 0.340 e. The predicted octanol–water partition coefficient (Wildman–Crippen LogP) is 2.42. The summed E-state index contributed by atoms with van der Waals surface area (Å²) in [5, 5.41) is 13.1. The summed E-state index contributed by atoms with van der Waals surface area (Å²) in [5.74, 6) is 0. The van der Waals surface area contributed by atoms with Crippen molar-refractivity contribution < 1.29 is 22.9 Å². The highest BCUT2D eigenvalue weighted by molar-refractivity contribution is 7.75. The largest absolute Gasteiger partial charge is 0.340 e. The Morgan fingerprint density at radius 1 is 1.23 bits per heavy atom. The van der Waals surface area contributed by atoms with Crippen molar-refractivity contribution in [3.63, 3.8) is 0 Å². The number of nitro groups is 1. The van der Waals surface area contributed by atoms with Crippen LogP contribution in [0.5, 0.6) is 0 Å². The molecule has 0 radical (unpaired) electrons. The van der Waals surface area contributed by atoms with Crippen molar-refractivity contribution >= 4 is 46.2 Å². The highest BCUT2D eigenvalue weighted by Crippen LogP contribution is 2.29. The van der Waals surface area contributed by atoms with Crippen molar-refractivity contribution in [3.05, 3.63) is 69.2 Å². The molecule has 0 fully saturated rings. The number of halogens is 1. The fourth-order valence-electron chi connectivity index (χ4n) is 2.11. The van der Waals surface area contributed by atoms with Crippen molar-refractivity contribution in [2.45, 2.75) is 6.04 Å². The van der Waals surface area contributed by atoms with Gasteiger partial charge in [0.25, 0.3) is 6.04 Å². The quantitative estimate of drug-likeness (QED) is 0.333. The summed E-state index contributed by atoms with van der Waals surface area (Å²) in [4.78, 5) is 33.2. The Labute approximate surface area is 154 Å². The molecule has 0 aromatic heterocycles. The van der Waals surface area contributed by atoms with Gasteiger partial charge in [-0.05, 0) is 30.3 Å². The minimum Gasteiger partial charge on any atom is -0.307 e. The minimum absolute atomic E-state index is 0.106. The number of urea groups is 1. The van der Waals surface area contributed by atoms with E-state index in [0.29, 0.717) is 9.99 Å². The molecular formula is C15H12ClN3O6S. The van der Waals surface area contributed by atoms with Crippen LogP contribution in [-0.2, 0) is 15.7 Å². The molecule has 2 aromatic rings. The normalized spacial score (nSPS) is 11.6. The lowest BCUT2D eigenvalue weighted by Crippen LogP contribution is -2.33. The van der Waals surface area contributed by atoms with E-state index in [0.717, 1.165) is 18.2 Å². The molecule has 1 atom stereocenters. The summed E-state index contributed by atoms with van der Waals surface area (Å²) < 4.78 is 23.5. The molecule has 0 bridgehead atoms. The van der Waals surface area contributed by atoms with Gasteiger partial charge < -0.3 is 5.32 Å². The molecule has 9 nitrogen and oxygen atoms in total. The summed E-state index contributed by atoms with van der Waals surface area (Å²) in [5.41, 5.74) is 0.132. The van der Waals surface area contributed by atoms with E-state index in [1.807, 2.05) is 0 Å². The number of para-hydroxylation sites is 1. The zero-order valence-corrected chi connectivity index (χ0v) is 14.6. The Bertz CT molecular complexity index is 911. The molecule has 0 spiro atoms. The standard InChI is InChI=1S/C15H12ClN3O6S/c16-13-8-11(6-7-12(13)14(9-20)19(22)23)18(26(24)25)15(21)17-10-4-2-1-3-5-10/h1-9,14,26H,(H,17,21). The third kappa shape index (κ3) is 4.35. The Balaban J connectivity index is 2.36. The van der Waals surface area contributed by atoms with E-state index in [2.05, 4.69) is 5.32 Å². The van der Waals surface area contributed by atoms with Crippen molar-refractivity contribution in [2.24, 2.45) is 0 Å². The topological polar surface area (TPSA) is 127 Å². The SMILES string of the molecule is O=CC(c1ccc(N(C(=O)Nc2ccccc2)[SH](=O)=O)cc1Cl)[N+](=O)[O-]. The fraction of sp³-hybridized carbons (Fsp3) is 0.0667. The summed E-state index contributed by atoms with van der Waals surface area (Å²) in [6.07, 6.45) is 0.106. The molecular weight excluding hydrogens is 386 g/mol. The van der Waals surface area contributed by atoms with Crippen molar-refractivity contribution in [1.82, 2.24) is 0 Å². The lowest BCUT2D eigenvalue weighted by molar-refractivity contribution is -0.511. The number of carbonyl (C=O) groups is 2. The number of anilines is 2. The smallest absolute Gasteiger partial charge is 0.307 e. The van der Waals surface area contributed by atoms with Crippen molar-refractivity contribution in [2.75, 3.05) is 9.62 Å². The number of carbonyl (C=O) groups excluding carboxylic acids is 2. The van der Waals surface area contributed by atoms with Crippen LogP contribution in [0.1, 0.15) is 11.6 Å². The number of hydrogen-bond donors (Lipinski definition) is 2. The van der Waals surface area contributed by atoms with Gasteiger partial charge in [-0.1, -0.05) is 29.8 Å². The lowest BCUT2D eigenvalue weighted by Gasteiger charge is -2.17. The van der Waals surface area contributed by atoms with Crippen LogP contribution >= 0.6 is 11.6 Å². The third-order valence-electron chi connectivity index (χ3n) is 3.28. The van der Waals surface area contributed by atoms with Crippen LogP contribution in [0.4, 0.5) is 16.2 Å². The van der Waals surface area contributed by atoms with E-state index in [1.54, 1.807) is 30.3 Å². The molecule has 2 aromatic carbocycles. The van der Waals surface area contributed by atoms with Gasteiger partial charge in [0.1, 0.15) is 0 Å². The lowest BCUT2D eigenvalue weighted by atomic mass is 10.1. The number of thiol groups is 1. The van der Waals surface area contributed by atoms with Crippen LogP contribution in [-0.4, -0.2) is 25.7 Å². The van der Waals surface area contributed by atoms with E-state index in [9.17, 15) is 28.1 Å². The number of nitrogens with one attached hydrogen (secondary N) is 1. The number of aldehydes is 1. The molecule has 0 heterocycles. The van der Waals surface area contributed by atoms with E-state index >= 15 is 0 Å². The second-order valence-electron chi connectivity index (χ2n) is 4.92. The summed E-state index contributed by atoms with van der Waals surface area (Å²) in [6, 6.07) is 8.84. The fourth-order valence-corrected chi connectivity index (χ4v) is 2.91. The zero-order chi connectivity index (χ0) is 19.3. The second-order valence-corrected chi connectivity index (χ2v) is 6.20. The predicted molar refractivity (Wildman–Crippen MR) is 95.5 cm³/mol. The van der Waals surface area contributed by atoms with Gasteiger partial charge in [-0.2, -0.15) is 4.31 Å². The summed E-state index contributed by atoms with van der Waals surface area (Å²) in [7, 11) is -3.37. The number of benzene rings is 2. The Morgan fingerprint density at radius 2 is 1.88 bits per heavy atom. The van der Waals surface area contributed by atoms with Crippen LogP contribution in [0, 0.1) is 10.1 Å². The maximum atomic E-state index is 12.3. The van der Waals surface area contributed by atoms with Gasteiger partial charge in [0.15, 0.2) is 6.29 Å². The summed E-state index contributed by atoms with van der Waals surface area (Å²) >= 11 is 5.94. The van der Waals surface area contributed by atoms with E-state index in [4.69, 9.17) is 11.6 Å². The van der Waals surface area contributed by atoms with E-state index < -0.39 is 27.9 Å². The van der Waals surface area contributed by atoms with Crippen LogP contribution in [0.3, 0.4) is 0 Å². The first-order chi connectivity index (χ1) is 12.3. The molecule has 1 unspecified atom stereocenters. The second kappa shape index (κ2) is 8.41. The van der Waals surface area contributed by atoms with Crippen LogP contribution in [0.2, 0.25) is 5.02 Å². The van der Waals surface area contributed by atoms with Crippen LogP contribution in [0.15, 0.2) is 48.5 Å². The van der Waals surface area contributed by atoms with Gasteiger partial charge in [0, 0.05) is 10.6 Å². The van der Waals surface area contributed by atoms with Crippen molar-refractivity contribution in [1.29, 1.82) is 0 Å². The van der Waals surface area contributed by atoms with Gasteiger partial charge in [-0.25, -0.2) is 13.2 Å². The maximum absolute atomic E-state index is 12.3. The van der Waals surface area contributed by atoms with Gasteiger partial charge in [-0.15, -0.1) is 0 Å². The molecule has 136 valence electrons. The molecule has 11 heteroatoms. The van der Waals surface area contributed by atoms with Gasteiger partial charge >= 0.3 is 6.03 Å². The monoisotopic (exact) mass is 397 g/mol. The first-order valence-corrected chi connectivity index (χ1v) is 8.54. The molecule has 2 amide bonds. The first kappa shape index (κ1) is 19.3. The van der Waals surface area contributed by atoms with Crippen LogP contribution < -0.4 is 9.62 Å². The Kier molecular flexibility index (Phi) is 6.26. The average Bonchev–Trinajstić information content (AvgIpc) is 2.57. The molecule has 2 rings (SSSR count). The molecule has 0 saturated carbocycles. The number of rotatable bonds is 6. The third-order valence-corrected chi connectivity index (χ3v) is 4.35. The molecule has 0 aliphatic carbocycles. The number of hydrogen-bond acceptors (Lipinski definition) is 6. The molecule has 0 aliphatic rings. The first-order valence-electron chi connectivity index (χ1n) is 7.04. The van der Waals surface area contributed by atoms with E-state index in [-0.39, 0.29) is 22.6 Å². The number of amides is 2. The van der Waals surface area contributed by atoms with Crippen molar-refractivity contribution in [3.8, 4) is 0 Å². The number of nitrogens with zero attached hydrogens (tertiary/aromatic N) is 2. The average molecular weight is 398 g/mol. The summed E-state index contributed by atoms with van der Waals surface area (Å²) in [6.45, 7) is 0. The molecule has 26 heavy (non-hydrogen) atoms. The minimum atomic E-state index is -3.37. The molecule has 1 N–H and O–H groups in total. The van der Waals surface area contributed by atoms with Gasteiger partial charge in [-0.3, -0.25) is 14.9 Å². The van der Waals surface area contributed by atoms with Gasteiger partial charge in [0.05, 0.1) is 16.3 Å². The molecule has 0 aliphatic heterocycles. The molecule has 0 saturated heterocycles. The van der Waals surface area contributed by atoms with Gasteiger partial charge in [0.2, 0.25) is 10.9 Å². The van der Waals surface area contributed by atoms with Crippen LogP contribution in [0.25, 0.3) is 0 Å². The highest BCUT2D eigenvalue weighted by Gasteiger charge is 2.26. The Morgan fingerprint density at radius 3 is 2.38 bits per heavy atom. The zero-order valence-electron chi connectivity index (χ0n) is 12.9. The Hall–Kier alpha value is -2.98.